The lowest BCUT2D eigenvalue weighted by molar-refractivity contribution is -0.408. The van der Waals surface area contributed by atoms with E-state index in [0.29, 0.717) is 0 Å². The molecule has 90 valence electrons. The Kier molecular flexibility index (Phi) is 2.75. The largest absolute Gasteiger partial charge is 0.208 e. The minimum Gasteiger partial charge on any atom is -0.198 e. The van der Waals surface area contributed by atoms with Gasteiger partial charge in [-0.2, -0.15) is 4.58 Å². The Morgan fingerprint density at radius 1 is 0.889 bits per heavy atom. The van der Waals surface area contributed by atoms with Crippen LogP contribution in [0.3, 0.4) is 0 Å². The van der Waals surface area contributed by atoms with Gasteiger partial charge < -0.3 is 0 Å². The van der Waals surface area contributed by atoms with Gasteiger partial charge in [-0.1, -0.05) is 36.4 Å². The molecule has 2 aromatic carbocycles. The molecule has 0 unspecified atom stereocenters. The molecule has 0 atom stereocenters. The second-order valence-electron chi connectivity index (χ2n) is 4.95. The number of rotatable bonds is 1. The Labute approximate surface area is 108 Å². The molecule has 0 aromatic heterocycles. The Morgan fingerprint density at radius 2 is 1.61 bits per heavy atom. The molecule has 0 saturated heterocycles. The third-order valence-corrected chi connectivity index (χ3v) is 3.84. The monoisotopic (exact) mass is 236 g/mol. The van der Waals surface area contributed by atoms with Crippen LogP contribution in [0.1, 0.15) is 23.1 Å². The maximum Gasteiger partial charge on any atom is 0.208 e. The molecule has 2 aromatic rings. The van der Waals surface area contributed by atoms with Gasteiger partial charge in [-0.25, -0.2) is 0 Å². The highest BCUT2D eigenvalue weighted by molar-refractivity contribution is 5.99. The van der Waals surface area contributed by atoms with Gasteiger partial charge in [0.15, 0.2) is 5.71 Å². The summed E-state index contributed by atoms with van der Waals surface area (Å²) in [6.07, 6.45) is 2.27. The molecule has 0 radical (unpaired) electrons. The van der Waals surface area contributed by atoms with Gasteiger partial charge in [0.05, 0.1) is 0 Å². The minimum absolute atomic E-state index is 1.12. The van der Waals surface area contributed by atoms with Crippen molar-refractivity contribution in [2.75, 3.05) is 7.05 Å². The third-order valence-electron chi connectivity index (χ3n) is 3.84. The normalized spacial score (nSPS) is 14.6. The summed E-state index contributed by atoms with van der Waals surface area (Å²) in [5, 5.41) is 0. The van der Waals surface area contributed by atoms with Gasteiger partial charge in [-0.3, -0.25) is 0 Å². The molecule has 0 N–H and O–H groups in total. The smallest absolute Gasteiger partial charge is 0.198 e. The molecule has 18 heavy (non-hydrogen) atoms. The highest BCUT2D eigenvalue weighted by Crippen LogP contribution is 2.26. The van der Waals surface area contributed by atoms with E-state index in [1.54, 1.807) is 0 Å². The standard InChI is InChI=1S/C17H18N/c1-13-7-3-5-9-15(13)17-12-11-14-8-4-6-10-16(14)18(17)2/h3-10H,11-12H2,1-2H3/q+1. The van der Waals surface area contributed by atoms with Crippen LogP contribution in [0, 0.1) is 6.92 Å². The number of hydrogen-bond donors (Lipinski definition) is 0. The van der Waals surface area contributed by atoms with E-state index in [9.17, 15) is 0 Å². The molecule has 0 amide bonds. The van der Waals surface area contributed by atoms with E-state index in [1.165, 1.54) is 28.1 Å². The lowest BCUT2D eigenvalue weighted by Crippen LogP contribution is -2.21. The summed E-state index contributed by atoms with van der Waals surface area (Å²) in [7, 11) is 2.18. The van der Waals surface area contributed by atoms with Gasteiger partial charge in [0, 0.05) is 23.6 Å². The van der Waals surface area contributed by atoms with Crippen LogP contribution < -0.4 is 0 Å². The van der Waals surface area contributed by atoms with Crippen LogP contribution in [-0.2, 0) is 6.42 Å². The topological polar surface area (TPSA) is 3.01 Å². The van der Waals surface area contributed by atoms with Gasteiger partial charge >= 0.3 is 0 Å². The molecule has 1 aliphatic heterocycles. The van der Waals surface area contributed by atoms with E-state index in [-0.39, 0.29) is 0 Å². The predicted molar refractivity (Wildman–Crippen MR) is 75.9 cm³/mol. The molecule has 1 heterocycles. The van der Waals surface area contributed by atoms with Crippen LogP contribution in [0.15, 0.2) is 48.5 Å². The number of nitrogens with zero attached hydrogens (tertiary/aromatic N) is 1. The Bertz CT molecular complexity index is 623. The first-order valence-electron chi connectivity index (χ1n) is 6.51. The van der Waals surface area contributed by atoms with E-state index in [0.717, 1.165) is 12.8 Å². The second kappa shape index (κ2) is 4.41. The van der Waals surface area contributed by atoms with Crippen LogP contribution in [0.5, 0.6) is 0 Å². The fourth-order valence-corrected chi connectivity index (χ4v) is 2.83. The van der Waals surface area contributed by atoms with E-state index in [1.807, 2.05) is 0 Å². The van der Waals surface area contributed by atoms with Crippen molar-refractivity contribution >= 4 is 11.4 Å². The molecule has 3 rings (SSSR count). The van der Waals surface area contributed by atoms with Crippen molar-refractivity contribution < 1.29 is 4.58 Å². The third kappa shape index (κ3) is 1.76. The quantitative estimate of drug-likeness (QED) is 0.664. The molecule has 0 spiro atoms. The first kappa shape index (κ1) is 11.2. The van der Waals surface area contributed by atoms with Gasteiger partial charge in [-0.15, -0.1) is 0 Å². The molecule has 1 heteroatoms. The summed E-state index contributed by atoms with van der Waals surface area (Å²) in [4.78, 5) is 0. The maximum atomic E-state index is 2.35. The molecular formula is C17H18N+. The first-order valence-corrected chi connectivity index (χ1v) is 6.51. The highest BCUT2D eigenvalue weighted by Gasteiger charge is 2.24. The average molecular weight is 236 g/mol. The van der Waals surface area contributed by atoms with E-state index >= 15 is 0 Å². The number of benzene rings is 2. The summed E-state index contributed by atoms with van der Waals surface area (Å²) >= 11 is 0. The molecule has 0 saturated carbocycles. The van der Waals surface area contributed by atoms with Crippen molar-refractivity contribution in [2.24, 2.45) is 0 Å². The SMILES string of the molecule is Cc1ccccc1C1=[N+](C)c2ccccc2CC1. The van der Waals surface area contributed by atoms with Crippen molar-refractivity contribution in [1.29, 1.82) is 0 Å². The number of aryl methyl sites for hydroxylation is 2. The molecular weight excluding hydrogens is 218 g/mol. The minimum atomic E-state index is 1.12. The number of para-hydroxylation sites is 1. The molecule has 1 nitrogen and oxygen atoms in total. The van der Waals surface area contributed by atoms with Crippen molar-refractivity contribution in [3.63, 3.8) is 0 Å². The molecule has 0 aliphatic carbocycles. The summed E-state index contributed by atoms with van der Waals surface area (Å²) in [5.41, 5.74) is 6.99. The van der Waals surface area contributed by atoms with Crippen LogP contribution in [0.4, 0.5) is 5.69 Å². The summed E-state index contributed by atoms with van der Waals surface area (Å²) < 4.78 is 2.35. The lowest BCUT2D eigenvalue weighted by atomic mass is 9.94. The highest BCUT2D eigenvalue weighted by atomic mass is 15.0. The van der Waals surface area contributed by atoms with Gasteiger partial charge in [-0.05, 0) is 25.0 Å². The van der Waals surface area contributed by atoms with Crippen LogP contribution in [0.25, 0.3) is 0 Å². The van der Waals surface area contributed by atoms with Crippen molar-refractivity contribution in [3.05, 3.63) is 65.2 Å². The van der Waals surface area contributed by atoms with Crippen molar-refractivity contribution in [2.45, 2.75) is 19.8 Å². The van der Waals surface area contributed by atoms with E-state index in [2.05, 4.69) is 67.1 Å². The summed E-state index contributed by atoms with van der Waals surface area (Å²) in [5.74, 6) is 0. The molecule has 1 aliphatic rings. The molecule has 0 fully saturated rings. The van der Waals surface area contributed by atoms with E-state index in [4.69, 9.17) is 0 Å². The Morgan fingerprint density at radius 3 is 2.44 bits per heavy atom. The Hall–Kier alpha value is -1.89. The van der Waals surface area contributed by atoms with Gasteiger partial charge in [0.1, 0.15) is 7.05 Å². The molecule has 0 bridgehead atoms. The fourth-order valence-electron chi connectivity index (χ4n) is 2.83. The van der Waals surface area contributed by atoms with Crippen LogP contribution >= 0.6 is 0 Å². The average Bonchev–Trinajstić information content (AvgIpc) is 2.41. The zero-order chi connectivity index (χ0) is 12.5. The second-order valence-corrected chi connectivity index (χ2v) is 4.95. The number of hydrogen-bond acceptors (Lipinski definition) is 0. The zero-order valence-corrected chi connectivity index (χ0v) is 11.0. The zero-order valence-electron chi connectivity index (χ0n) is 11.0. The van der Waals surface area contributed by atoms with E-state index < -0.39 is 0 Å². The number of fused-ring (bicyclic) bond motifs is 1. The van der Waals surface area contributed by atoms with Gasteiger partial charge in [0.25, 0.3) is 0 Å². The predicted octanol–water partition coefficient (Wildman–Crippen LogP) is 3.70. The van der Waals surface area contributed by atoms with Gasteiger partial charge in [0.2, 0.25) is 5.69 Å². The van der Waals surface area contributed by atoms with Crippen molar-refractivity contribution in [3.8, 4) is 0 Å². The maximum absolute atomic E-state index is 2.35. The lowest BCUT2D eigenvalue weighted by Gasteiger charge is -2.16. The Balaban J connectivity index is 2.18. The van der Waals surface area contributed by atoms with Crippen molar-refractivity contribution in [1.82, 2.24) is 0 Å². The fraction of sp³-hybridized carbons (Fsp3) is 0.235. The van der Waals surface area contributed by atoms with Crippen LogP contribution in [0.2, 0.25) is 0 Å². The van der Waals surface area contributed by atoms with Crippen LogP contribution in [-0.4, -0.2) is 17.3 Å². The first-order chi connectivity index (χ1) is 8.77. The summed E-state index contributed by atoms with van der Waals surface area (Å²) in [6, 6.07) is 17.4. The summed E-state index contributed by atoms with van der Waals surface area (Å²) in [6.45, 7) is 2.19.